The van der Waals surface area contributed by atoms with Gasteiger partial charge < -0.3 is 60.9 Å². The van der Waals surface area contributed by atoms with Crippen molar-refractivity contribution in [3.8, 4) is 5.75 Å². The zero-order valence-electron chi connectivity index (χ0n) is 38.0. The Labute approximate surface area is 392 Å². The van der Waals surface area contributed by atoms with E-state index < -0.39 is 116 Å². The molecule has 3 aromatic rings. The lowest BCUT2D eigenvalue weighted by Gasteiger charge is -2.43. The van der Waals surface area contributed by atoms with Crippen LogP contribution in [0.2, 0.25) is 0 Å². The number of carbonyl (C=O) groups excluding carboxylic acids is 7. The number of phenols is 1. The maximum Gasteiger partial charge on any atom is 0.469 e. The second-order valence-corrected chi connectivity index (χ2v) is 18.2. The van der Waals surface area contributed by atoms with Crippen LogP contribution in [0.1, 0.15) is 56.7 Å². The third-order valence-electron chi connectivity index (χ3n) is 12.0. The van der Waals surface area contributed by atoms with E-state index in [4.69, 9.17) is 14.5 Å². The first kappa shape index (κ1) is 52.7. The number of esters is 1. The quantitative estimate of drug-likeness (QED) is 0.0802. The van der Waals surface area contributed by atoms with Crippen LogP contribution in [0.15, 0.2) is 84.9 Å². The maximum atomic E-state index is 15.1. The van der Waals surface area contributed by atoms with Gasteiger partial charge in [-0.1, -0.05) is 93.1 Å². The number of phenolic OH excluding ortho intramolecular Hbond substituents is 1. The number of fused-ring (bicyclic) bond motifs is 2. The number of rotatable bonds is 13. The molecule has 368 valence electrons. The molecule has 2 aliphatic rings. The summed E-state index contributed by atoms with van der Waals surface area (Å²) in [5, 5.41) is 42.2. The summed E-state index contributed by atoms with van der Waals surface area (Å²) in [6.07, 6.45) is -5.87. The lowest BCUT2D eigenvalue weighted by atomic mass is 9.95. The van der Waals surface area contributed by atoms with Gasteiger partial charge in [0, 0.05) is 26.3 Å². The van der Waals surface area contributed by atoms with Crippen LogP contribution in [-0.4, -0.2) is 145 Å². The van der Waals surface area contributed by atoms with E-state index in [2.05, 4.69) is 25.8 Å². The van der Waals surface area contributed by atoms with Crippen molar-refractivity contribution >= 4 is 49.2 Å². The second kappa shape index (κ2) is 23.7. The number of cyclic esters (lactones) is 1. The molecule has 2 fully saturated rings. The molecule has 21 nitrogen and oxygen atoms in total. The molecule has 3 aromatic carbocycles. The van der Waals surface area contributed by atoms with Gasteiger partial charge in [-0.3, -0.25) is 33.3 Å². The topological polar surface area (TPSA) is 311 Å². The lowest BCUT2D eigenvalue weighted by Crippen LogP contribution is -2.65. The van der Waals surface area contributed by atoms with Gasteiger partial charge in [-0.25, -0.2) is 9.36 Å². The lowest BCUT2D eigenvalue weighted by molar-refractivity contribution is -0.165. The minimum atomic E-state index is -5.17. The van der Waals surface area contributed by atoms with E-state index in [1.165, 1.54) is 38.2 Å². The zero-order chi connectivity index (χ0) is 49.9. The number of amides is 6. The number of phosphoric ester groups is 1. The predicted octanol–water partition coefficient (Wildman–Crippen LogP) is -0.0427. The van der Waals surface area contributed by atoms with Crippen molar-refractivity contribution < 1.29 is 72.5 Å². The molecule has 0 aromatic heterocycles. The van der Waals surface area contributed by atoms with Crippen LogP contribution in [-0.2, 0) is 66.6 Å². The van der Waals surface area contributed by atoms with Crippen molar-refractivity contribution in [1.82, 2.24) is 31.1 Å². The third-order valence-corrected chi connectivity index (χ3v) is 12.5. The first-order valence-electron chi connectivity index (χ1n) is 22.1. The molecule has 0 radical (unpaired) electrons. The summed E-state index contributed by atoms with van der Waals surface area (Å²) in [5.41, 5.74) is 1.61. The van der Waals surface area contributed by atoms with Crippen molar-refractivity contribution in [1.29, 1.82) is 0 Å². The third kappa shape index (κ3) is 14.2. The van der Waals surface area contributed by atoms with Crippen LogP contribution < -0.4 is 21.3 Å². The molecule has 22 heteroatoms. The molecule has 0 spiro atoms. The molecule has 0 aliphatic carbocycles. The number of hydrogen-bond donors (Lipinski definition) is 9. The minimum Gasteiger partial charge on any atom is -0.508 e. The number of hydrogen-bond acceptors (Lipinski definition) is 13. The summed E-state index contributed by atoms with van der Waals surface area (Å²) in [6, 6.07) is 13.7. The molecule has 10 unspecified atom stereocenters. The van der Waals surface area contributed by atoms with E-state index in [1.54, 1.807) is 74.5 Å². The Morgan fingerprint density at radius 3 is 1.97 bits per heavy atom. The molecule has 9 N–H and O–H groups in total. The Hall–Kier alpha value is -6.22. The summed E-state index contributed by atoms with van der Waals surface area (Å²) < 4.78 is 21.4. The molecular formula is C46H59N6O15P. The van der Waals surface area contributed by atoms with Gasteiger partial charge in [0.1, 0.15) is 54.3 Å². The van der Waals surface area contributed by atoms with E-state index in [-0.39, 0.29) is 44.3 Å². The number of nitrogens with one attached hydrogen (secondary N) is 4. The monoisotopic (exact) mass is 966 g/mol. The number of carbonyl (C=O) groups is 7. The molecule has 2 heterocycles. The van der Waals surface area contributed by atoms with Gasteiger partial charge in [-0.15, -0.1) is 0 Å². The Morgan fingerprint density at radius 1 is 0.809 bits per heavy atom. The van der Waals surface area contributed by atoms with Crippen molar-refractivity contribution in [2.45, 2.75) is 114 Å². The highest BCUT2D eigenvalue weighted by Crippen LogP contribution is 2.35. The average Bonchev–Trinajstić information content (AvgIpc) is 3.30. The highest BCUT2D eigenvalue weighted by Gasteiger charge is 2.46. The van der Waals surface area contributed by atoms with Crippen molar-refractivity contribution in [2.24, 2.45) is 5.92 Å². The number of aliphatic hydroxyl groups is 2. The second-order valence-electron chi connectivity index (χ2n) is 17.0. The molecule has 2 saturated heterocycles. The Bertz CT molecular complexity index is 2300. The molecule has 6 amide bonds. The fourth-order valence-electron chi connectivity index (χ4n) is 7.92. The summed E-state index contributed by atoms with van der Waals surface area (Å²) in [6.45, 7) is 3.35. The molecule has 0 saturated carbocycles. The molecule has 2 aliphatic heterocycles. The van der Waals surface area contributed by atoms with Gasteiger partial charge in [0.05, 0.1) is 6.61 Å². The summed E-state index contributed by atoms with van der Waals surface area (Å²) >= 11 is 0. The first-order valence-corrected chi connectivity index (χ1v) is 23.6. The van der Waals surface area contributed by atoms with Gasteiger partial charge in [-0.2, -0.15) is 0 Å². The molecule has 2 bridgehead atoms. The number of aromatic hydroxyl groups is 1. The van der Waals surface area contributed by atoms with Gasteiger partial charge in [0.2, 0.25) is 29.5 Å². The number of nitrogens with zero attached hydrogens (tertiary/aromatic N) is 2. The van der Waals surface area contributed by atoms with Crippen molar-refractivity contribution in [3.05, 3.63) is 102 Å². The largest absolute Gasteiger partial charge is 0.508 e. The van der Waals surface area contributed by atoms with Crippen LogP contribution in [0.4, 0.5) is 0 Å². The SMILES string of the molecule is CCC(C)C1NC(=O)C(Cc2ccc(O)cc2)N(C)C(=O)C(Cc2ccccc2)N2C(=O)C(CCC2O)NC(=O)C(Cc2ccccc2)NC(=O)C(NC(=O)C(O)COP(=O)(O)O)C(C)OC1=O. The Kier molecular flexibility index (Phi) is 18.4. The van der Waals surface area contributed by atoms with Gasteiger partial charge >= 0.3 is 13.8 Å². The van der Waals surface area contributed by atoms with Gasteiger partial charge in [-0.05, 0) is 54.5 Å². The molecular weight excluding hydrogens is 908 g/mol. The number of phosphoric acid groups is 1. The van der Waals surface area contributed by atoms with Gasteiger partial charge in [0.25, 0.3) is 5.91 Å². The number of ether oxygens (including phenoxy) is 1. The number of benzene rings is 3. The van der Waals surface area contributed by atoms with E-state index in [1.807, 2.05) is 0 Å². The Balaban J connectivity index is 1.64. The van der Waals surface area contributed by atoms with Crippen molar-refractivity contribution in [3.63, 3.8) is 0 Å². The summed E-state index contributed by atoms with van der Waals surface area (Å²) in [5.74, 6) is -7.74. The van der Waals surface area contributed by atoms with Crippen LogP contribution >= 0.6 is 7.82 Å². The van der Waals surface area contributed by atoms with Crippen LogP contribution in [0, 0.1) is 5.92 Å². The average molecular weight is 967 g/mol. The molecule has 10 atom stereocenters. The van der Waals surface area contributed by atoms with Gasteiger partial charge in [0.15, 0.2) is 6.10 Å². The highest BCUT2D eigenvalue weighted by atomic mass is 31.2. The van der Waals surface area contributed by atoms with Crippen LogP contribution in [0.5, 0.6) is 5.75 Å². The van der Waals surface area contributed by atoms with E-state index in [0.717, 1.165) is 9.80 Å². The van der Waals surface area contributed by atoms with Crippen LogP contribution in [0.25, 0.3) is 0 Å². The smallest absolute Gasteiger partial charge is 0.469 e. The minimum absolute atomic E-state index is 0.0717. The van der Waals surface area contributed by atoms with Crippen LogP contribution in [0.3, 0.4) is 0 Å². The summed E-state index contributed by atoms with van der Waals surface area (Å²) in [7, 11) is -3.83. The number of aliphatic hydroxyl groups excluding tert-OH is 2. The normalized spacial score (nSPS) is 25.6. The fraction of sp³-hybridized carbons (Fsp3) is 0.457. The number of piperidine rings is 1. The standard InChI is InChI=1S/C46H59N6O15P/c1-5-26(2)38-46(62)67-27(3)39(50-42(58)36(54)25-66-68(63,64)65)43(59)48-33(22-28-12-8-6-9-13-28)40(56)47-32-20-21-37(55)52(44(32)60)35(24-29-14-10-7-11-15-29)45(61)51(4)34(41(57)49-38)23-30-16-18-31(53)19-17-30/h6-19,26-27,32-39,53-55H,5,20-25H2,1-4H3,(H,47,56)(H,48,59)(H,49,57)(H,50,58)(H2,63,64,65). The first-order chi connectivity index (χ1) is 32.2. The highest BCUT2D eigenvalue weighted by molar-refractivity contribution is 7.46. The molecule has 5 rings (SSSR count). The zero-order valence-corrected chi connectivity index (χ0v) is 38.9. The van der Waals surface area contributed by atoms with E-state index in [9.17, 15) is 48.7 Å². The van der Waals surface area contributed by atoms with Crippen molar-refractivity contribution in [2.75, 3.05) is 13.7 Å². The number of likely N-dealkylation sites (N-methyl/N-ethyl adjacent to an activating group) is 1. The molecule has 68 heavy (non-hydrogen) atoms. The van der Waals surface area contributed by atoms with E-state index >= 15 is 4.79 Å². The predicted molar refractivity (Wildman–Crippen MR) is 241 cm³/mol. The maximum absolute atomic E-state index is 15.1. The summed E-state index contributed by atoms with van der Waals surface area (Å²) in [4.78, 5) is 121. The fourth-order valence-corrected chi connectivity index (χ4v) is 8.25. The van der Waals surface area contributed by atoms with E-state index in [0.29, 0.717) is 16.7 Å². The Morgan fingerprint density at radius 2 is 1.38 bits per heavy atom.